The van der Waals surface area contributed by atoms with Crippen LogP contribution in [-0.2, 0) is 6.54 Å². The molecule has 24 heavy (non-hydrogen) atoms. The molecule has 2 heterocycles. The van der Waals surface area contributed by atoms with E-state index in [9.17, 15) is 9.59 Å². The Morgan fingerprint density at radius 2 is 1.79 bits per heavy atom. The molecule has 0 fully saturated rings. The van der Waals surface area contributed by atoms with E-state index in [1.54, 1.807) is 18.2 Å². The van der Waals surface area contributed by atoms with E-state index in [4.69, 9.17) is 0 Å². The lowest BCUT2D eigenvalue weighted by atomic mass is 10.1. The third-order valence-corrected chi connectivity index (χ3v) is 4.22. The molecule has 0 spiro atoms. The lowest BCUT2D eigenvalue weighted by molar-refractivity contribution is 0.0971. The Balaban J connectivity index is 1.78. The number of aromatic nitrogens is 3. The molecule has 4 rings (SSSR count). The Labute approximate surface area is 137 Å². The van der Waals surface area contributed by atoms with Crippen LogP contribution in [0.4, 0.5) is 0 Å². The molecule has 118 valence electrons. The van der Waals surface area contributed by atoms with Gasteiger partial charge in [0, 0.05) is 22.2 Å². The SMILES string of the molecule is Cc1[nH]c2ccccc2c1C(=O)Cn1cnc2ccccc2c1=O. The number of aryl methyl sites for hydroxylation is 1. The Bertz CT molecular complexity index is 1140. The zero-order chi connectivity index (χ0) is 16.7. The van der Waals surface area contributed by atoms with Gasteiger partial charge in [-0.05, 0) is 25.1 Å². The first-order valence-corrected chi connectivity index (χ1v) is 7.70. The summed E-state index contributed by atoms with van der Waals surface area (Å²) in [5.41, 5.74) is 2.79. The van der Waals surface area contributed by atoms with Crippen LogP contribution in [0.1, 0.15) is 16.1 Å². The fraction of sp³-hybridized carbons (Fsp3) is 0.105. The van der Waals surface area contributed by atoms with Crippen LogP contribution in [-0.4, -0.2) is 20.3 Å². The van der Waals surface area contributed by atoms with Gasteiger partial charge in [0.05, 0.1) is 23.8 Å². The molecule has 0 saturated heterocycles. The number of carbonyl (C=O) groups excluding carboxylic acids is 1. The second-order valence-corrected chi connectivity index (χ2v) is 5.79. The zero-order valence-electron chi connectivity index (χ0n) is 13.1. The maximum Gasteiger partial charge on any atom is 0.261 e. The number of carbonyl (C=O) groups is 1. The van der Waals surface area contributed by atoms with E-state index in [1.807, 2.05) is 37.3 Å². The van der Waals surface area contributed by atoms with Gasteiger partial charge in [0.25, 0.3) is 5.56 Å². The van der Waals surface area contributed by atoms with E-state index in [1.165, 1.54) is 10.9 Å². The monoisotopic (exact) mass is 317 g/mol. The summed E-state index contributed by atoms with van der Waals surface area (Å²) in [5.74, 6) is -0.107. The first kappa shape index (κ1) is 14.4. The molecule has 0 atom stereocenters. The topological polar surface area (TPSA) is 67.8 Å². The van der Waals surface area contributed by atoms with Gasteiger partial charge < -0.3 is 4.98 Å². The first-order valence-electron chi connectivity index (χ1n) is 7.70. The number of nitrogens with one attached hydrogen (secondary N) is 1. The summed E-state index contributed by atoms with van der Waals surface area (Å²) >= 11 is 0. The van der Waals surface area contributed by atoms with Crippen molar-refractivity contribution in [2.75, 3.05) is 0 Å². The van der Waals surface area contributed by atoms with Crippen molar-refractivity contribution in [1.29, 1.82) is 0 Å². The van der Waals surface area contributed by atoms with Gasteiger partial charge in [0.2, 0.25) is 0 Å². The van der Waals surface area contributed by atoms with Crippen LogP contribution in [0.15, 0.2) is 59.7 Å². The molecule has 5 nitrogen and oxygen atoms in total. The molecule has 5 heteroatoms. The fourth-order valence-corrected chi connectivity index (χ4v) is 3.09. The van der Waals surface area contributed by atoms with Crippen molar-refractivity contribution in [1.82, 2.24) is 14.5 Å². The smallest absolute Gasteiger partial charge is 0.261 e. The highest BCUT2D eigenvalue weighted by Crippen LogP contribution is 2.22. The van der Waals surface area contributed by atoms with Crippen molar-refractivity contribution in [3.8, 4) is 0 Å². The third-order valence-electron chi connectivity index (χ3n) is 4.22. The number of para-hydroxylation sites is 2. The van der Waals surface area contributed by atoms with Crippen LogP contribution in [0.25, 0.3) is 21.8 Å². The summed E-state index contributed by atoms with van der Waals surface area (Å²) in [4.78, 5) is 32.8. The number of Topliss-reactive ketones (excluding diaryl/α,β-unsaturated/α-hetero) is 1. The molecule has 0 amide bonds. The molecule has 4 aromatic rings. The number of fused-ring (bicyclic) bond motifs is 2. The normalized spacial score (nSPS) is 11.2. The minimum Gasteiger partial charge on any atom is -0.358 e. The van der Waals surface area contributed by atoms with Crippen molar-refractivity contribution < 1.29 is 4.79 Å². The van der Waals surface area contributed by atoms with Gasteiger partial charge in [0.1, 0.15) is 0 Å². The molecule has 2 aromatic carbocycles. The van der Waals surface area contributed by atoms with E-state index in [0.717, 1.165) is 16.6 Å². The summed E-state index contributed by atoms with van der Waals surface area (Å²) in [6.07, 6.45) is 1.44. The van der Waals surface area contributed by atoms with Crippen molar-refractivity contribution in [3.05, 3.63) is 76.5 Å². The van der Waals surface area contributed by atoms with Gasteiger partial charge in [-0.25, -0.2) is 4.98 Å². The molecule has 0 radical (unpaired) electrons. The molecule has 0 unspecified atom stereocenters. The van der Waals surface area contributed by atoms with E-state index < -0.39 is 0 Å². The fourth-order valence-electron chi connectivity index (χ4n) is 3.09. The lowest BCUT2D eigenvalue weighted by Gasteiger charge is -2.06. The van der Waals surface area contributed by atoms with Crippen LogP contribution < -0.4 is 5.56 Å². The van der Waals surface area contributed by atoms with Gasteiger partial charge in [-0.1, -0.05) is 30.3 Å². The second-order valence-electron chi connectivity index (χ2n) is 5.79. The number of nitrogens with zero attached hydrogens (tertiary/aromatic N) is 2. The summed E-state index contributed by atoms with van der Waals surface area (Å²) in [7, 11) is 0. The summed E-state index contributed by atoms with van der Waals surface area (Å²) < 4.78 is 1.37. The number of aromatic amines is 1. The third kappa shape index (κ3) is 2.22. The average Bonchev–Trinajstić information content (AvgIpc) is 2.93. The summed E-state index contributed by atoms with van der Waals surface area (Å²) in [6.45, 7) is 1.84. The Morgan fingerprint density at radius 1 is 1.08 bits per heavy atom. The van der Waals surface area contributed by atoms with E-state index >= 15 is 0 Å². The highest BCUT2D eigenvalue weighted by atomic mass is 16.1. The van der Waals surface area contributed by atoms with Crippen LogP contribution in [0.3, 0.4) is 0 Å². The first-order chi connectivity index (χ1) is 11.6. The number of rotatable bonds is 3. The van der Waals surface area contributed by atoms with Gasteiger partial charge in [-0.2, -0.15) is 0 Å². The van der Waals surface area contributed by atoms with Crippen molar-refractivity contribution in [2.24, 2.45) is 0 Å². The van der Waals surface area contributed by atoms with Gasteiger partial charge in [-0.3, -0.25) is 14.2 Å². The summed E-state index contributed by atoms with van der Waals surface area (Å²) in [6, 6.07) is 14.8. The van der Waals surface area contributed by atoms with E-state index in [-0.39, 0.29) is 17.9 Å². The van der Waals surface area contributed by atoms with Crippen LogP contribution in [0, 0.1) is 6.92 Å². The van der Waals surface area contributed by atoms with Crippen LogP contribution in [0.5, 0.6) is 0 Å². The van der Waals surface area contributed by atoms with E-state index in [0.29, 0.717) is 16.5 Å². The number of ketones is 1. The Kier molecular flexibility index (Phi) is 3.27. The number of hydrogen-bond donors (Lipinski definition) is 1. The molecule has 0 aliphatic heterocycles. The minimum absolute atomic E-state index is 0.0284. The molecule has 2 aromatic heterocycles. The molecule has 0 saturated carbocycles. The maximum atomic E-state index is 12.8. The molecule has 0 bridgehead atoms. The molecule has 0 aliphatic rings. The average molecular weight is 317 g/mol. The van der Waals surface area contributed by atoms with Crippen LogP contribution >= 0.6 is 0 Å². The molecule has 1 N–H and O–H groups in total. The standard InChI is InChI=1S/C19H15N3O2/c1-12-18(13-6-2-5-9-16(13)21-12)17(23)10-22-11-20-15-8-4-3-7-14(15)19(22)24/h2-9,11,21H,10H2,1H3. The van der Waals surface area contributed by atoms with Gasteiger partial charge in [-0.15, -0.1) is 0 Å². The zero-order valence-corrected chi connectivity index (χ0v) is 13.1. The quantitative estimate of drug-likeness (QED) is 0.590. The summed E-state index contributed by atoms with van der Waals surface area (Å²) in [5, 5.41) is 1.39. The van der Waals surface area contributed by atoms with Crippen LogP contribution in [0.2, 0.25) is 0 Å². The van der Waals surface area contributed by atoms with Gasteiger partial charge >= 0.3 is 0 Å². The van der Waals surface area contributed by atoms with Crippen molar-refractivity contribution >= 4 is 27.6 Å². The van der Waals surface area contributed by atoms with Crippen molar-refractivity contribution in [3.63, 3.8) is 0 Å². The van der Waals surface area contributed by atoms with Crippen molar-refractivity contribution in [2.45, 2.75) is 13.5 Å². The highest BCUT2D eigenvalue weighted by molar-refractivity contribution is 6.09. The van der Waals surface area contributed by atoms with E-state index in [2.05, 4.69) is 9.97 Å². The molecular formula is C19H15N3O2. The largest absolute Gasteiger partial charge is 0.358 e. The maximum absolute atomic E-state index is 12.8. The second kappa shape index (κ2) is 5.45. The number of H-pyrrole nitrogens is 1. The number of hydrogen-bond acceptors (Lipinski definition) is 3. The minimum atomic E-state index is -0.202. The highest BCUT2D eigenvalue weighted by Gasteiger charge is 2.17. The Hall–Kier alpha value is -3.21. The lowest BCUT2D eigenvalue weighted by Crippen LogP contribution is -2.24. The number of benzene rings is 2. The predicted octanol–water partition coefficient (Wildman–Crippen LogP) is 3.07. The molecule has 0 aliphatic carbocycles. The molecular weight excluding hydrogens is 302 g/mol. The van der Waals surface area contributed by atoms with Gasteiger partial charge in [0.15, 0.2) is 5.78 Å². The predicted molar refractivity (Wildman–Crippen MR) is 93.4 cm³/mol. The Morgan fingerprint density at radius 3 is 2.62 bits per heavy atom.